The molecule has 1 atom stereocenters. The van der Waals surface area contributed by atoms with E-state index in [9.17, 15) is 22.4 Å². The second-order valence-corrected chi connectivity index (χ2v) is 3.91. The molecule has 0 aliphatic heterocycles. The first-order valence-electron chi connectivity index (χ1n) is 5.02. The Labute approximate surface area is 100 Å². The summed E-state index contributed by atoms with van der Waals surface area (Å²) in [5, 5.41) is 8.47. The molecule has 0 bridgehead atoms. The molecule has 18 heavy (non-hydrogen) atoms. The highest BCUT2D eigenvalue weighted by molar-refractivity contribution is 5.67. The summed E-state index contributed by atoms with van der Waals surface area (Å²) in [7, 11) is 0. The van der Waals surface area contributed by atoms with Crippen LogP contribution in [0.4, 0.5) is 17.6 Å². The molecule has 1 aromatic rings. The maximum Gasteiger partial charge on any atom is 0.416 e. The molecule has 0 saturated heterocycles. The van der Waals surface area contributed by atoms with Crippen molar-refractivity contribution in [1.82, 2.24) is 0 Å². The molecule has 3 nitrogen and oxygen atoms in total. The van der Waals surface area contributed by atoms with Gasteiger partial charge in [0.1, 0.15) is 5.82 Å². The second-order valence-electron chi connectivity index (χ2n) is 3.91. The molecule has 3 N–H and O–H groups in total. The van der Waals surface area contributed by atoms with Gasteiger partial charge in [-0.15, -0.1) is 0 Å². The highest BCUT2D eigenvalue weighted by atomic mass is 19.4. The highest BCUT2D eigenvalue weighted by Gasteiger charge is 2.31. The first-order chi connectivity index (χ1) is 8.18. The van der Waals surface area contributed by atoms with Gasteiger partial charge in [-0.2, -0.15) is 13.2 Å². The fourth-order valence-electron chi connectivity index (χ4n) is 1.53. The number of halogens is 4. The van der Waals surface area contributed by atoms with Crippen molar-refractivity contribution in [1.29, 1.82) is 0 Å². The molecule has 0 aliphatic carbocycles. The Kier molecular flexibility index (Phi) is 4.28. The third-order valence-corrected chi connectivity index (χ3v) is 2.22. The Morgan fingerprint density at radius 2 is 1.94 bits per heavy atom. The molecule has 0 heterocycles. The number of rotatable bonds is 4. The van der Waals surface area contributed by atoms with E-state index in [-0.39, 0.29) is 12.0 Å². The largest absolute Gasteiger partial charge is 0.481 e. The summed E-state index contributed by atoms with van der Waals surface area (Å²) in [6.07, 6.45) is -5.17. The standard InChI is InChI=1S/C11H11F4NO2/c12-8-2-6(3-9(16)5-10(17)18)1-7(4-8)11(13,14)15/h1-2,4,9H,3,5,16H2,(H,17,18). The van der Waals surface area contributed by atoms with Gasteiger partial charge in [0.05, 0.1) is 12.0 Å². The van der Waals surface area contributed by atoms with Crippen molar-refractivity contribution in [2.45, 2.75) is 25.1 Å². The number of carbonyl (C=O) groups is 1. The molecule has 1 aromatic carbocycles. The summed E-state index contributed by atoms with van der Waals surface area (Å²) in [5.41, 5.74) is 4.34. The van der Waals surface area contributed by atoms with Gasteiger partial charge < -0.3 is 10.8 Å². The lowest BCUT2D eigenvalue weighted by Crippen LogP contribution is -2.26. The molecule has 0 amide bonds. The third-order valence-electron chi connectivity index (χ3n) is 2.22. The number of alkyl halides is 3. The van der Waals surface area contributed by atoms with E-state index in [0.29, 0.717) is 6.07 Å². The van der Waals surface area contributed by atoms with E-state index >= 15 is 0 Å². The minimum atomic E-state index is -4.65. The summed E-state index contributed by atoms with van der Waals surface area (Å²) in [4.78, 5) is 10.4. The predicted octanol–water partition coefficient (Wildman–Crippen LogP) is 2.19. The van der Waals surface area contributed by atoms with E-state index in [1.54, 1.807) is 0 Å². The molecule has 7 heteroatoms. The molecule has 1 rings (SSSR count). The average molecular weight is 265 g/mol. The van der Waals surface area contributed by atoms with Gasteiger partial charge in [-0.3, -0.25) is 4.79 Å². The van der Waals surface area contributed by atoms with Crippen LogP contribution in [0.3, 0.4) is 0 Å². The molecule has 0 radical (unpaired) electrons. The fourth-order valence-corrected chi connectivity index (χ4v) is 1.53. The van der Waals surface area contributed by atoms with Gasteiger partial charge in [0, 0.05) is 6.04 Å². The predicted molar refractivity (Wildman–Crippen MR) is 55.3 cm³/mol. The smallest absolute Gasteiger partial charge is 0.416 e. The van der Waals surface area contributed by atoms with Crippen molar-refractivity contribution in [3.63, 3.8) is 0 Å². The summed E-state index contributed by atoms with van der Waals surface area (Å²) in [6.45, 7) is 0. The zero-order chi connectivity index (χ0) is 13.9. The van der Waals surface area contributed by atoms with Gasteiger partial charge in [-0.1, -0.05) is 0 Å². The zero-order valence-corrected chi connectivity index (χ0v) is 9.17. The summed E-state index contributed by atoms with van der Waals surface area (Å²) >= 11 is 0. The molecule has 0 fully saturated rings. The minimum absolute atomic E-state index is 0.0241. The van der Waals surface area contributed by atoms with Crippen LogP contribution in [0.1, 0.15) is 17.5 Å². The molecule has 0 aliphatic rings. The van der Waals surface area contributed by atoms with E-state index in [0.717, 1.165) is 12.1 Å². The van der Waals surface area contributed by atoms with E-state index in [1.165, 1.54) is 0 Å². The Morgan fingerprint density at radius 3 is 2.44 bits per heavy atom. The number of aliphatic carboxylic acids is 1. The monoisotopic (exact) mass is 265 g/mol. The van der Waals surface area contributed by atoms with Crippen molar-refractivity contribution in [2.75, 3.05) is 0 Å². The number of benzene rings is 1. The van der Waals surface area contributed by atoms with E-state index in [2.05, 4.69) is 0 Å². The summed E-state index contributed by atoms with van der Waals surface area (Å²) in [5.74, 6) is -2.18. The van der Waals surface area contributed by atoms with Crippen LogP contribution in [0, 0.1) is 5.82 Å². The third kappa shape index (κ3) is 4.33. The minimum Gasteiger partial charge on any atom is -0.481 e. The molecular weight excluding hydrogens is 254 g/mol. The van der Waals surface area contributed by atoms with Crippen LogP contribution in [0.2, 0.25) is 0 Å². The first-order valence-corrected chi connectivity index (χ1v) is 5.02. The quantitative estimate of drug-likeness (QED) is 0.820. The van der Waals surface area contributed by atoms with Gasteiger partial charge in [0.2, 0.25) is 0 Å². The number of carboxylic acid groups (broad SMARTS) is 1. The Hall–Kier alpha value is -1.63. The normalized spacial score (nSPS) is 13.4. The first kappa shape index (κ1) is 14.4. The van der Waals surface area contributed by atoms with Gasteiger partial charge in [-0.05, 0) is 30.2 Å². The lowest BCUT2D eigenvalue weighted by molar-refractivity contribution is -0.138. The Morgan fingerprint density at radius 1 is 1.33 bits per heavy atom. The topological polar surface area (TPSA) is 63.3 Å². The summed E-state index contributed by atoms with van der Waals surface area (Å²) < 4.78 is 50.2. The number of hydrogen-bond donors (Lipinski definition) is 2. The van der Waals surface area contributed by atoms with Gasteiger partial charge >= 0.3 is 12.1 Å². The lowest BCUT2D eigenvalue weighted by atomic mass is 10.0. The molecule has 1 unspecified atom stereocenters. The zero-order valence-electron chi connectivity index (χ0n) is 9.17. The molecular formula is C11H11F4NO2. The van der Waals surface area contributed by atoms with Crippen molar-refractivity contribution in [3.8, 4) is 0 Å². The molecule has 0 aromatic heterocycles. The molecule has 100 valence electrons. The Balaban J connectivity index is 2.90. The maximum atomic E-state index is 13.0. The van der Waals surface area contributed by atoms with Gasteiger partial charge in [0.25, 0.3) is 0 Å². The Bertz CT molecular complexity index is 445. The lowest BCUT2D eigenvalue weighted by Gasteiger charge is -2.12. The SMILES string of the molecule is NC(CC(=O)O)Cc1cc(F)cc(C(F)(F)F)c1. The van der Waals surface area contributed by atoms with Crippen LogP contribution in [-0.4, -0.2) is 17.1 Å². The van der Waals surface area contributed by atoms with Crippen LogP contribution in [-0.2, 0) is 17.4 Å². The highest BCUT2D eigenvalue weighted by Crippen LogP contribution is 2.30. The van der Waals surface area contributed by atoms with Crippen LogP contribution in [0.25, 0.3) is 0 Å². The van der Waals surface area contributed by atoms with Crippen molar-refractivity contribution in [2.24, 2.45) is 5.73 Å². The second kappa shape index (κ2) is 5.34. The fraction of sp³-hybridized carbons (Fsp3) is 0.364. The summed E-state index contributed by atoms with van der Waals surface area (Å²) in [6, 6.07) is 1.21. The molecule has 0 saturated carbocycles. The van der Waals surface area contributed by atoms with Crippen LogP contribution in [0.15, 0.2) is 18.2 Å². The number of hydrogen-bond acceptors (Lipinski definition) is 2. The van der Waals surface area contributed by atoms with Crippen LogP contribution in [0.5, 0.6) is 0 Å². The van der Waals surface area contributed by atoms with Crippen molar-refractivity contribution >= 4 is 5.97 Å². The van der Waals surface area contributed by atoms with Crippen molar-refractivity contribution in [3.05, 3.63) is 35.1 Å². The average Bonchev–Trinajstić information content (AvgIpc) is 2.13. The number of nitrogens with two attached hydrogens (primary N) is 1. The van der Waals surface area contributed by atoms with E-state index in [1.807, 2.05) is 0 Å². The number of carboxylic acids is 1. The van der Waals surface area contributed by atoms with E-state index < -0.39 is 36.0 Å². The van der Waals surface area contributed by atoms with Gasteiger partial charge in [0.15, 0.2) is 0 Å². The molecule has 0 spiro atoms. The van der Waals surface area contributed by atoms with Gasteiger partial charge in [-0.25, -0.2) is 4.39 Å². The van der Waals surface area contributed by atoms with E-state index in [4.69, 9.17) is 10.8 Å². The maximum absolute atomic E-state index is 13.0. The van der Waals surface area contributed by atoms with Crippen molar-refractivity contribution < 1.29 is 27.5 Å². The van der Waals surface area contributed by atoms with Crippen LogP contribution >= 0.6 is 0 Å². The van der Waals surface area contributed by atoms with Crippen LogP contribution < -0.4 is 5.73 Å².